The van der Waals surface area contributed by atoms with Crippen LogP contribution in [-0.4, -0.2) is 72.0 Å². The number of carboxylic acid groups (broad SMARTS) is 3. The highest BCUT2D eigenvalue weighted by Crippen LogP contribution is 1.80. The molecule has 0 bridgehead atoms. The number of hydrogen-bond acceptors (Lipinski definition) is 5. The van der Waals surface area contributed by atoms with Gasteiger partial charge in [0.2, 0.25) is 0 Å². The van der Waals surface area contributed by atoms with Crippen LogP contribution >= 0.6 is 0 Å². The van der Waals surface area contributed by atoms with Crippen molar-refractivity contribution in [3.8, 4) is 0 Å². The molecule has 94 valence electrons. The fourth-order valence-electron chi connectivity index (χ4n) is 0.641. The molecule has 0 unspecified atom stereocenters. The minimum atomic E-state index is -1.02. The van der Waals surface area contributed by atoms with E-state index in [1.54, 1.807) is 0 Å². The number of carboxylic acids is 3. The monoisotopic (exact) mass is 237 g/mol. The number of ether oxygens (including phenoxy) is 1. The van der Waals surface area contributed by atoms with Crippen LogP contribution in [-0.2, 0) is 19.1 Å². The zero-order valence-corrected chi connectivity index (χ0v) is 9.04. The van der Waals surface area contributed by atoms with Gasteiger partial charge < -0.3 is 20.1 Å². The Labute approximate surface area is 92.0 Å². The highest BCUT2D eigenvalue weighted by atomic mass is 16.5. The van der Waals surface area contributed by atoms with Crippen LogP contribution in [0.25, 0.3) is 0 Å². The SMILES string of the molecule is CN(CC(=O)O)CC(=O)O.COCC(=O)O. The molecule has 0 spiro atoms. The molecule has 0 heterocycles. The van der Waals surface area contributed by atoms with Gasteiger partial charge in [0.05, 0.1) is 13.1 Å². The van der Waals surface area contributed by atoms with E-state index in [1.807, 2.05) is 0 Å². The Morgan fingerprint density at radius 3 is 1.50 bits per heavy atom. The lowest BCUT2D eigenvalue weighted by molar-refractivity contribution is -0.142. The predicted molar refractivity (Wildman–Crippen MR) is 52.3 cm³/mol. The van der Waals surface area contributed by atoms with Crippen molar-refractivity contribution in [3.63, 3.8) is 0 Å². The van der Waals surface area contributed by atoms with Crippen LogP contribution in [0.1, 0.15) is 0 Å². The lowest BCUT2D eigenvalue weighted by atomic mass is 10.5. The Bertz CT molecular complexity index is 225. The van der Waals surface area contributed by atoms with Crippen LogP contribution in [0, 0.1) is 0 Å². The van der Waals surface area contributed by atoms with E-state index in [1.165, 1.54) is 19.1 Å². The summed E-state index contributed by atoms with van der Waals surface area (Å²) >= 11 is 0. The molecule has 0 fully saturated rings. The first-order valence-electron chi connectivity index (χ1n) is 4.12. The second-order valence-corrected chi connectivity index (χ2v) is 2.79. The Hall–Kier alpha value is -1.67. The number of hydrogen-bond donors (Lipinski definition) is 3. The first-order chi connectivity index (χ1) is 7.29. The van der Waals surface area contributed by atoms with Gasteiger partial charge >= 0.3 is 17.9 Å². The van der Waals surface area contributed by atoms with E-state index in [9.17, 15) is 14.4 Å². The van der Waals surface area contributed by atoms with Gasteiger partial charge in [-0.25, -0.2) is 4.79 Å². The summed E-state index contributed by atoms with van der Waals surface area (Å²) in [5.41, 5.74) is 0. The smallest absolute Gasteiger partial charge is 0.329 e. The molecule has 0 aliphatic rings. The average molecular weight is 237 g/mol. The summed E-state index contributed by atoms with van der Waals surface area (Å²) in [6, 6.07) is 0. The molecule has 0 aromatic rings. The number of methoxy groups -OCH3 is 1. The third kappa shape index (κ3) is 18.2. The molecule has 0 radical (unpaired) electrons. The number of nitrogens with zero attached hydrogens (tertiary/aromatic N) is 1. The number of rotatable bonds is 6. The van der Waals surface area contributed by atoms with Crippen molar-refractivity contribution < 1.29 is 34.4 Å². The van der Waals surface area contributed by atoms with Crippen molar-refractivity contribution in [2.45, 2.75) is 0 Å². The molecule has 0 aromatic heterocycles. The van der Waals surface area contributed by atoms with Gasteiger partial charge in [-0.1, -0.05) is 0 Å². The van der Waals surface area contributed by atoms with E-state index >= 15 is 0 Å². The Morgan fingerprint density at radius 2 is 1.38 bits per heavy atom. The standard InChI is InChI=1S/C5H9NO4.C3H6O3/c1-6(2-4(7)8)3-5(9)10;1-6-2-3(4)5/h2-3H2,1H3,(H,7,8)(H,9,10);2H2,1H3,(H,4,5). The largest absolute Gasteiger partial charge is 0.480 e. The molecular weight excluding hydrogens is 222 g/mol. The fraction of sp³-hybridized carbons (Fsp3) is 0.625. The predicted octanol–water partition coefficient (Wildman–Crippen LogP) is -1.20. The van der Waals surface area contributed by atoms with Gasteiger partial charge in [-0.2, -0.15) is 0 Å². The van der Waals surface area contributed by atoms with Gasteiger partial charge in [0.1, 0.15) is 6.61 Å². The first-order valence-corrected chi connectivity index (χ1v) is 4.12. The van der Waals surface area contributed by atoms with Crippen LogP contribution in [0.3, 0.4) is 0 Å². The normalized spacial score (nSPS) is 9.19. The van der Waals surface area contributed by atoms with Gasteiger partial charge in [0.15, 0.2) is 0 Å². The molecule has 0 saturated heterocycles. The van der Waals surface area contributed by atoms with Crippen LogP contribution in [0.4, 0.5) is 0 Å². The molecule has 16 heavy (non-hydrogen) atoms. The molecule has 0 saturated carbocycles. The third-order valence-electron chi connectivity index (χ3n) is 1.08. The highest BCUT2D eigenvalue weighted by molar-refractivity contribution is 5.72. The molecule has 3 N–H and O–H groups in total. The van der Waals surface area contributed by atoms with Gasteiger partial charge in [0, 0.05) is 7.11 Å². The maximum Gasteiger partial charge on any atom is 0.329 e. The molecule has 0 aromatic carbocycles. The number of likely N-dealkylation sites (N-methyl/N-ethyl adjacent to an activating group) is 1. The topological polar surface area (TPSA) is 124 Å². The molecule has 0 rings (SSSR count). The van der Waals surface area contributed by atoms with E-state index in [4.69, 9.17) is 15.3 Å². The summed E-state index contributed by atoms with van der Waals surface area (Å²) in [5.74, 6) is -2.98. The quantitative estimate of drug-likeness (QED) is 0.526. The average Bonchev–Trinajstić information content (AvgIpc) is 2.00. The van der Waals surface area contributed by atoms with Crippen molar-refractivity contribution in [1.29, 1.82) is 0 Å². The Balaban J connectivity index is 0. The van der Waals surface area contributed by atoms with E-state index in [0.29, 0.717) is 0 Å². The molecule has 0 aliphatic heterocycles. The zero-order valence-electron chi connectivity index (χ0n) is 9.04. The van der Waals surface area contributed by atoms with Crippen LogP contribution in [0.15, 0.2) is 0 Å². The lowest BCUT2D eigenvalue weighted by Crippen LogP contribution is -2.30. The van der Waals surface area contributed by atoms with Crippen molar-refractivity contribution in [2.75, 3.05) is 33.9 Å². The summed E-state index contributed by atoms with van der Waals surface area (Å²) in [7, 11) is 2.77. The van der Waals surface area contributed by atoms with Gasteiger partial charge in [-0.05, 0) is 7.05 Å². The Morgan fingerprint density at radius 1 is 1.00 bits per heavy atom. The van der Waals surface area contributed by atoms with E-state index in [2.05, 4.69) is 4.74 Å². The molecule has 8 nitrogen and oxygen atoms in total. The van der Waals surface area contributed by atoms with Gasteiger partial charge in [-0.3, -0.25) is 14.5 Å². The van der Waals surface area contributed by atoms with E-state index in [-0.39, 0.29) is 19.7 Å². The minimum Gasteiger partial charge on any atom is -0.480 e. The Kier molecular flexibility index (Phi) is 10.3. The van der Waals surface area contributed by atoms with E-state index in [0.717, 1.165) is 0 Å². The first kappa shape index (κ1) is 16.7. The van der Waals surface area contributed by atoms with Gasteiger partial charge in [-0.15, -0.1) is 0 Å². The van der Waals surface area contributed by atoms with Crippen molar-refractivity contribution in [2.24, 2.45) is 0 Å². The number of aliphatic carboxylic acids is 3. The molecule has 0 aliphatic carbocycles. The summed E-state index contributed by atoms with van der Waals surface area (Å²) in [5, 5.41) is 24.1. The maximum atomic E-state index is 9.96. The summed E-state index contributed by atoms with van der Waals surface area (Å²) in [4.78, 5) is 30.6. The van der Waals surface area contributed by atoms with Crippen LogP contribution in [0.5, 0.6) is 0 Å². The van der Waals surface area contributed by atoms with E-state index < -0.39 is 17.9 Å². The maximum absolute atomic E-state index is 9.96. The van der Waals surface area contributed by atoms with Crippen LogP contribution < -0.4 is 0 Å². The van der Waals surface area contributed by atoms with Crippen molar-refractivity contribution in [3.05, 3.63) is 0 Å². The molecule has 0 amide bonds. The summed E-state index contributed by atoms with van der Waals surface area (Å²) in [6.45, 7) is -0.696. The minimum absolute atomic E-state index is 0.208. The number of carbonyl (C=O) groups is 3. The summed E-state index contributed by atoms with van der Waals surface area (Å²) < 4.78 is 4.20. The summed E-state index contributed by atoms with van der Waals surface area (Å²) in [6.07, 6.45) is 0. The second kappa shape index (κ2) is 9.87. The fourth-order valence-corrected chi connectivity index (χ4v) is 0.641. The third-order valence-corrected chi connectivity index (χ3v) is 1.08. The molecule has 0 atom stereocenters. The molecule has 8 heteroatoms. The van der Waals surface area contributed by atoms with Crippen LogP contribution in [0.2, 0.25) is 0 Å². The molecular formula is C8H15NO7. The lowest BCUT2D eigenvalue weighted by Gasteiger charge is -2.08. The zero-order chi connectivity index (χ0) is 13.1. The van der Waals surface area contributed by atoms with Crippen molar-refractivity contribution >= 4 is 17.9 Å². The second-order valence-electron chi connectivity index (χ2n) is 2.79. The highest BCUT2D eigenvalue weighted by Gasteiger charge is 2.06. The van der Waals surface area contributed by atoms with Crippen molar-refractivity contribution in [1.82, 2.24) is 4.90 Å². The van der Waals surface area contributed by atoms with Gasteiger partial charge in [0.25, 0.3) is 0 Å².